The van der Waals surface area contributed by atoms with E-state index < -0.39 is 0 Å². The van der Waals surface area contributed by atoms with E-state index in [1.165, 1.54) is 25.3 Å². The van der Waals surface area contributed by atoms with Gasteiger partial charge in [-0.25, -0.2) is 4.39 Å². The molecule has 0 aromatic heterocycles. The molecule has 2 nitrogen and oxygen atoms in total. The lowest BCUT2D eigenvalue weighted by molar-refractivity contribution is -0.187. The van der Waals surface area contributed by atoms with Crippen LogP contribution in [0.4, 0.5) is 4.39 Å². The SMILES string of the molecule is Cc1cc(C2COC3(CCCCC3)O2)ccc1F. The van der Waals surface area contributed by atoms with Crippen LogP contribution in [-0.2, 0) is 9.47 Å². The molecule has 2 fully saturated rings. The van der Waals surface area contributed by atoms with Crippen molar-refractivity contribution in [2.45, 2.75) is 50.9 Å². The lowest BCUT2D eigenvalue weighted by Gasteiger charge is -2.31. The van der Waals surface area contributed by atoms with Gasteiger partial charge in [-0.3, -0.25) is 0 Å². The van der Waals surface area contributed by atoms with Crippen LogP contribution in [0.5, 0.6) is 0 Å². The number of rotatable bonds is 1. The average Bonchev–Trinajstić information content (AvgIpc) is 2.78. The van der Waals surface area contributed by atoms with E-state index in [0.29, 0.717) is 12.2 Å². The Kier molecular flexibility index (Phi) is 3.12. The summed E-state index contributed by atoms with van der Waals surface area (Å²) in [5.74, 6) is -0.518. The van der Waals surface area contributed by atoms with Gasteiger partial charge in [0.15, 0.2) is 5.79 Å². The molecule has 1 saturated heterocycles. The van der Waals surface area contributed by atoms with Crippen molar-refractivity contribution in [2.75, 3.05) is 6.61 Å². The normalized spacial score (nSPS) is 26.7. The topological polar surface area (TPSA) is 18.5 Å². The van der Waals surface area contributed by atoms with Crippen LogP contribution in [0.25, 0.3) is 0 Å². The van der Waals surface area contributed by atoms with Gasteiger partial charge in [-0.15, -0.1) is 0 Å². The summed E-state index contributed by atoms with van der Waals surface area (Å²) in [6.07, 6.45) is 5.56. The zero-order valence-corrected chi connectivity index (χ0v) is 10.7. The Morgan fingerprint density at radius 1 is 1.22 bits per heavy atom. The standard InChI is InChI=1S/C15H19FO2/c1-11-9-12(5-6-13(11)16)14-10-17-15(18-14)7-3-2-4-8-15/h5-6,9,14H,2-4,7-8,10H2,1H3. The molecule has 1 aliphatic carbocycles. The second-order valence-electron chi connectivity index (χ2n) is 5.40. The first-order valence-corrected chi connectivity index (χ1v) is 6.76. The predicted octanol–water partition coefficient (Wildman–Crippen LogP) is 3.88. The highest BCUT2D eigenvalue weighted by molar-refractivity contribution is 5.26. The van der Waals surface area contributed by atoms with Crippen molar-refractivity contribution < 1.29 is 13.9 Å². The van der Waals surface area contributed by atoms with Gasteiger partial charge >= 0.3 is 0 Å². The summed E-state index contributed by atoms with van der Waals surface area (Å²) in [6, 6.07) is 5.18. The minimum atomic E-state index is -0.356. The fourth-order valence-corrected chi connectivity index (χ4v) is 2.94. The Bertz CT molecular complexity index is 438. The van der Waals surface area contributed by atoms with E-state index in [-0.39, 0.29) is 17.7 Å². The van der Waals surface area contributed by atoms with Crippen molar-refractivity contribution in [3.05, 3.63) is 35.1 Å². The lowest BCUT2D eigenvalue weighted by Crippen LogP contribution is -2.32. The molecule has 0 bridgehead atoms. The molecule has 3 rings (SSSR count). The summed E-state index contributed by atoms with van der Waals surface area (Å²) in [4.78, 5) is 0. The lowest BCUT2D eigenvalue weighted by atomic mass is 9.94. The smallest absolute Gasteiger partial charge is 0.169 e. The highest BCUT2D eigenvalue weighted by Gasteiger charge is 2.42. The van der Waals surface area contributed by atoms with Crippen molar-refractivity contribution in [2.24, 2.45) is 0 Å². The minimum absolute atomic E-state index is 0.0394. The van der Waals surface area contributed by atoms with E-state index in [2.05, 4.69) is 0 Å². The largest absolute Gasteiger partial charge is 0.347 e. The Morgan fingerprint density at radius 3 is 2.72 bits per heavy atom. The summed E-state index contributed by atoms with van der Waals surface area (Å²) >= 11 is 0. The van der Waals surface area contributed by atoms with Gasteiger partial charge in [-0.2, -0.15) is 0 Å². The molecule has 1 aromatic rings. The molecule has 0 radical (unpaired) electrons. The quantitative estimate of drug-likeness (QED) is 0.753. The van der Waals surface area contributed by atoms with E-state index in [1.807, 2.05) is 6.07 Å². The summed E-state index contributed by atoms with van der Waals surface area (Å²) < 4.78 is 25.3. The molecule has 1 aromatic carbocycles. The molecule has 1 heterocycles. The van der Waals surface area contributed by atoms with Gasteiger partial charge in [-0.05, 0) is 37.0 Å². The van der Waals surface area contributed by atoms with Crippen LogP contribution >= 0.6 is 0 Å². The molecule has 98 valence electrons. The highest BCUT2D eigenvalue weighted by atomic mass is 19.1. The van der Waals surface area contributed by atoms with E-state index >= 15 is 0 Å². The molecule has 18 heavy (non-hydrogen) atoms. The van der Waals surface area contributed by atoms with Crippen LogP contribution in [0.3, 0.4) is 0 Å². The molecule has 1 saturated carbocycles. The molecule has 0 amide bonds. The van der Waals surface area contributed by atoms with Crippen molar-refractivity contribution in [1.29, 1.82) is 0 Å². The average molecular weight is 250 g/mol. The molecule has 1 atom stereocenters. The minimum Gasteiger partial charge on any atom is -0.347 e. The van der Waals surface area contributed by atoms with Gasteiger partial charge in [0, 0.05) is 12.8 Å². The first kappa shape index (κ1) is 12.1. The number of hydrogen-bond donors (Lipinski definition) is 0. The van der Waals surface area contributed by atoms with E-state index in [1.54, 1.807) is 13.0 Å². The van der Waals surface area contributed by atoms with Crippen molar-refractivity contribution >= 4 is 0 Å². The van der Waals surface area contributed by atoms with Gasteiger partial charge in [-0.1, -0.05) is 18.6 Å². The maximum Gasteiger partial charge on any atom is 0.169 e. The summed E-state index contributed by atoms with van der Waals surface area (Å²) in [7, 11) is 0. The number of hydrogen-bond acceptors (Lipinski definition) is 2. The van der Waals surface area contributed by atoms with Crippen molar-refractivity contribution in [1.82, 2.24) is 0 Å². The van der Waals surface area contributed by atoms with Gasteiger partial charge in [0.2, 0.25) is 0 Å². The molecule has 1 spiro atoms. The van der Waals surface area contributed by atoms with Gasteiger partial charge < -0.3 is 9.47 Å². The van der Waals surface area contributed by atoms with Crippen LogP contribution in [0.1, 0.15) is 49.3 Å². The Morgan fingerprint density at radius 2 is 2.00 bits per heavy atom. The van der Waals surface area contributed by atoms with Crippen molar-refractivity contribution in [3.63, 3.8) is 0 Å². The van der Waals surface area contributed by atoms with Gasteiger partial charge in [0.1, 0.15) is 11.9 Å². The molecule has 3 heteroatoms. The Labute approximate surface area is 107 Å². The third kappa shape index (κ3) is 2.17. The molecule has 2 aliphatic rings. The van der Waals surface area contributed by atoms with Crippen LogP contribution in [0, 0.1) is 12.7 Å². The third-order valence-electron chi connectivity index (χ3n) is 4.02. The molecule has 1 unspecified atom stereocenters. The fourth-order valence-electron chi connectivity index (χ4n) is 2.94. The second kappa shape index (κ2) is 4.63. The first-order chi connectivity index (χ1) is 8.69. The van der Waals surface area contributed by atoms with Gasteiger partial charge in [0.25, 0.3) is 0 Å². The van der Waals surface area contributed by atoms with Crippen LogP contribution < -0.4 is 0 Å². The number of benzene rings is 1. The monoisotopic (exact) mass is 250 g/mol. The number of halogens is 1. The summed E-state index contributed by atoms with van der Waals surface area (Å²) in [5.41, 5.74) is 1.69. The van der Waals surface area contributed by atoms with Gasteiger partial charge in [0.05, 0.1) is 6.61 Å². The van der Waals surface area contributed by atoms with Crippen LogP contribution in [0.2, 0.25) is 0 Å². The van der Waals surface area contributed by atoms with Crippen LogP contribution in [-0.4, -0.2) is 12.4 Å². The Hall–Kier alpha value is -0.930. The maximum absolute atomic E-state index is 13.3. The first-order valence-electron chi connectivity index (χ1n) is 6.76. The Balaban J connectivity index is 1.76. The zero-order valence-electron chi connectivity index (χ0n) is 10.7. The number of ether oxygens (including phenoxy) is 2. The molecule has 1 aliphatic heterocycles. The van der Waals surface area contributed by atoms with E-state index in [0.717, 1.165) is 18.4 Å². The molecule has 0 N–H and O–H groups in total. The second-order valence-corrected chi connectivity index (χ2v) is 5.40. The summed E-state index contributed by atoms with van der Waals surface area (Å²) in [5, 5.41) is 0. The summed E-state index contributed by atoms with van der Waals surface area (Å²) in [6.45, 7) is 2.37. The fraction of sp³-hybridized carbons (Fsp3) is 0.600. The van der Waals surface area contributed by atoms with Crippen molar-refractivity contribution in [3.8, 4) is 0 Å². The third-order valence-corrected chi connectivity index (χ3v) is 4.02. The van der Waals surface area contributed by atoms with Crippen LogP contribution in [0.15, 0.2) is 18.2 Å². The molecular weight excluding hydrogens is 231 g/mol. The van der Waals surface area contributed by atoms with E-state index in [4.69, 9.17) is 9.47 Å². The number of aryl methyl sites for hydroxylation is 1. The maximum atomic E-state index is 13.3. The van der Waals surface area contributed by atoms with E-state index in [9.17, 15) is 4.39 Å². The zero-order chi connectivity index (χ0) is 12.6. The highest BCUT2D eigenvalue weighted by Crippen LogP contribution is 2.42. The predicted molar refractivity (Wildman–Crippen MR) is 66.7 cm³/mol. The molecular formula is C15H19FO2.